The van der Waals surface area contributed by atoms with Gasteiger partial charge in [0.2, 0.25) is 0 Å². The molecule has 1 nitrogen and oxygen atoms in total. The van der Waals surface area contributed by atoms with Crippen LogP contribution in [0.15, 0.2) is 30.3 Å². The van der Waals surface area contributed by atoms with E-state index < -0.39 is 0 Å². The average molecular weight is 133 g/mol. The Morgan fingerprint density at radius 2 is 1.89 bits per heavy atom. The molecule has 0 saturated heterocycles. The molecule has 2 heteroatoms. The number of hydrogen-bond donors (Lipinski definition) is 1. The maximum atomic E-state index is 3.00. The van der Waals surface area contributed by atoms with Gasteiger partial charge in [-0.3, -0.25) is 0 Å². The van der Waals surface area contributed by atoms with Crippen molar-refractivity contribution in [1.29, 1.82) is 0 Å². The van der Waals surface area contributed by atoms with E-state index in [-0.39, 0.29) is 0 Å². The Balaban J connectivity index is 2.61. The van der Waals surface area contributed by atoms with Crippen molar-refractivity contribution in [2.75, 3.05) is 0 Å². The average Bonchev–Trinajstić information content (AvgIpc) is 1.91. The Bertz CT molecular complexity index is 162. The molecule has 0 atom stereocenters. The highest BCUT2D eigenvalue weighted by Gasteiger charge is 1.83. The largest absolute Gasteiger partial charge is 0.412 e. The highest BCUT2D eigenvalue weighted by Crippen LogP contribution is 1.95. The Morgan fingerprint density at radius 3 is 2.44 bits per heavy atom. The van der Waals surface area contributed by atoms with Gasteiger partial charge in [0, 0.05) is 6.54 Å². The molecule has 0 aliphatic rings. The van der Waals surface area contributed by atoms with Gasteiger partial charge >= 0.3 is 0 Å². The second-order valence-electron chi connectivity index (χ2n) is 1.87. The summed E-state index contributed by atoms with van der Waals surface area (Å²) in [6.45, 7) is 0.922. The van der Waals surface area contributed by atoms with Crippen LogP contribution in [0, 0.1) is 0 Å². The van der Waals surface area contributed by atoms with Crippen LogP contribution in [0.3, 0.4) is 0 Å². The quantitative estimate of drug-likeness (QED) is 0.590. The zero-order valence-corrected chi connectivity index (χ0v) is 6.33. The first-order valence-corrected chi connectivity index (χ1v) is 3.48. The highest BCUT2D eigenvalue weighted by molar-refractivity contribution is 6.04. The molecular weight excluding hydrogens is 125 g/mol. The van der Waals surface area contributed by atoms with E-state index in [2.05, 4.69) is 32.9 Å². The zero-order chi connectivity index (χ0) is 6.53. The van der Waals surface area contributed by atoms with Crippen LogP contribution < -0.4 is 4.30 Å². The summed E-state index contributed by atoms with van der Waals surface area (Å²) in [4.78, 5) is 0. The van der Waals surface area contributed by atoms with E-state index in [1.807, 2.05) is 18.2 Å². The van der Waals surface area contributed by atoms with Gasteiger partial charge < -0.3 is 4.30 Å². The second kappa shape index (κ2) is 3.68. The molecule has 1 N–H and O–H groups in total. The van der Waals surface area contributed by atoms with Crippen LogP contribution >= 0.6 is 0 Å². The third-order valence-electron chi connectivity index (χ3n) is 1.15. The summed E-state index contributed by atoms with van der Waals surface area (Å²) in [5, 5.41) is 0. The molecule has 0 amide bonds. The smallest absolute Gasteiger partial charge is 0.251 e. The van der Waals surface area contributed by atoms with Crippen molar-refractivity contribution in [3.63, 3.8) is 0 Å². The van der Waals surface area contributed by atoms with Crippen molar-refractivity contribution in [2.45, 2.75) is 6.54 Å². The third kappa shape index (κ3) is 2.19. The molecule has 9 heavy (non-hydrogen) atoms. The highest BCUT2D eigenvalue weighted by atomic mass is 27.1. The molecule has 2 radical (unpaired) electrons. The van der Waals surface area contributed by atoms with Crippen LogP contribution in [0.25, 0.3) is 0 Å². The topological polar surface area (TPSA) is 12.0 Å². The molecule has 0 aromatic heterocycles. The lowest BCUT2D eigenvalue weighted by Gasteiger charge is -1.96. The molecule has 0 heterocycles. The van der Waals surface area contributed by atoms with Crippen molar-refractivity contribution < 1.29 is 0 Å². The minimum atomic E-state index is 0.922. The first-order valence-electron chi connectivity index (χ1n) is 2.91. The number of benzene rings is 1. The summed E-state index contributed by atoms with van der Waals surface area (Å²) < 4.78 is 3.00. The SMILES string of the molecule is [Al][NH]Cc1ccccc1. The van der Waals surface area contributed by atoms with Gasteiger partial charge in [-0.25, -0.2) is 0 Å². The van der Waals surface area contributed by atoms with Gasteiger partial charge in [0.15, 0.2) is 0 Å². The monoisotopic (exact) mass is 133 g/mol. The predicted octanol–water partition coefficient (Wildman–Crippen LogP) is 0.860. The number of hydrogen-bond acceptors (Lipinski definition) is 1. The molecule has 1 aromatic carbocycles. The van der Waals surface area contributed by atoms with Crippen molar-refractivity contribution in [3.8, 4) is 0 Å². The molecule has 1 aromatic rings. The van der Waals surface area contributed by atoms with E-state index in [1.54, 1.807) is 0 Å². The molecule has 0 spiro atoms. The van der Waals surface area contributed by atoms with E-state index in [0.29, 0.717) is 0 Å². The Labute approximate surface area is 63.7 Å². The van der Waals surface area contributed by atoms with Crippen LogP contribution in [-0.2, 0) is 6.54 Å². The molecule has 0 aliphatic carbocycles. The summed E-state index contributed by atoms with van der Waals surface area (Å²) in [6, 6.07) is 10.3. The van der Waals surface area contributed by atoms with Gasteiger partial charge in [-0.15, -0.1) is 0 Å². The third-order valence-corrected chi connectivity index (χ3v) is 1.35. The fourth-order valence-electron chi connectivity index (χ4n) is 0.714. The van der Waals surface area contributed by atoms with E-state index in [1.165, 1.54) is 5.56 Å². The summed E-state index contributed by atoms with van der Waals surface area (Å²) in [5.41, 5.74) is 1.31. The van der Waals surface area contributed by atoms with Crippen molar-refractivity contribution in [1.82, 2.24) is 4.30 Å². The fourth-order valence-corrected chi connectivity index (χ4v) is 0.949. The standard InChI is InChI=1S/C7H8N.Al/c8-6-7-4-2-1-3-5-7;/h1-5,8H,6H2;/q-1;+1. The Hall–Kier alpha value is -0.288. The fraction of sp³-hybridized carbons (Fsp3) is 0.143. The number of nitrogens with one attached hydrogen (secondary N) is 1. The molecule has 0 unspecified atom stereocenters. The Kier molecular flexibility index (Phi) is 2.79. The lowest BCUT2D eigenvalue weighted by atomic mass is 10.2. The van der Waals surface area contributed by atoms with Crippen LogP contribution in [0.5, 0.6) is 0 Å². The van der Waals surface area contributed by atoms with Crippen molar-refractivity contribution >= 4 is 16.5 Å². The normalized spacial score (nSPS) is 9.33. The summed E-state index contributed by atoms with van der Waals surface area (Å²) in [5.74, 6) is 0. The van der Waals surface area contributed by atoms with Crippen LogP contribution in [-0.4, -0.2) is 16.5 Å². The minimum absolute atomic E-state index is 0.922. The number of rotatable bonds is 2. The van der Waals surface area contributed by atoms with E-state index >= 15 is 0 Å². The van der Waals surface area contributed by atoms with E-state index in [0.717, 1.165) is 6.54 Å². The molecule has 0 aliphatic heterocycles. The minimum Gasteiger partial charge on any atom is -0.412 e. The molecule has 1 rings (SSSR count). The van der Waals surface area contributed by atoms with Crippen molar-refractivity contribution in [2.24, 2.45) is 0 Å². The molecule has 0 saturated carbocycles. The second-order valence-corrected chi connectivity index (χ2v) is 2.27. The van der Waals surface area contributed by atoms with Gasteiger partial charge in [-0.1, -0.05) is 30.3 Å². The maximum Gasteiger partial charge on any atom is 0.251 e. The van der Waals surface area contributed by atoms with Crippen LogP contribution in [0.4, 0.5) is 0 Å². The van der Waals surface area contributed by atoms with Crippen LogP contribution in [0.2, 0.25) is 0 Å². The zero-order valence-electron chi connectivity index (χ0n) is 5.17. The van der Waals surface area contributed by atoms with E-state index in [9.17, 15) is 0 Å². The first kappa shape index (κ1) is 6.83. The van der Waals surface area contributed by atoms with Crippen LogP contribution in [0.1, 0.15) is 5.56 Å². The van der Waals surface area contributed by atoms with Crippen molar-refractivity contribution in [3.05, 3.63) is 35.9 Å². The predicted molar refractivity (Wildman–Crippen MR) is 39.0 cm³/mol. The van der Waals surface area contributed by atoms with Gasteiger partial charge in [0.25, 0.3) is 16.5 Å². The summed E-state index contributed by atoms with van der Waals surface area (Å²) in [6.07, 6.45) is 0. The summed E-state index contributed by atoms with van der Waals surface area (Å²) >= 11 is 2.48. The van der Waals surface area contributed by atoms with Gasteiger partial charge in [0.1, 0.15) is 0 Å². The first-order chi connectivity index (χ1) is 4.43. The van der Waals surface area contributed by atoms with Gasteiger partial charge in [-0.05, 0) is 5.56 Å². The molecule has 0 bridgehead atoms. The summed E-state index contributed by atoms with van der Waals surface area (Å²) in [7, 11) is 0. The maximum absolute atomic E-state index is 3.00. The van der Waals surface area contributed by atoms with Gasteiger partial charge in [0.05, 0.1) is 0 Å². The molecular formula is C7H8AlN. The lowest BCUT2D eigenvalue weighted by Crippen LogP contribution is -2.06. The van der Waals surface area contributed by atoms with Gasteiger partial charge in [-0.2, -0.15) is 0 Å². The van der Waals surface area contributed by atoms with E-state index in [4.69, 9.17) is 0 Å². The lowest BCUT2D eigenvalue weighted by molar-refractivity contribution is 0.962. The molecule has 0 fully saturated rings. The molecule has 44 valence electrons. The Morgan fingerprint density at radius 1 is 1.22 bits per heavy atom.